The minimum Gasteiger partial charge on any atom is -0.394 e. The number of aliphatic imine (C=N–C) groups is 2. The molecule has 2 heterocycles. The van der Waals surface area contributed by atoms with Crippen LogP contribution < -0.4 is 22.2 Å². The molecule has 6 rings (SSSR count). The highest BCUT2D eigenvalue weighted by molar-refractivity contribution is 8.15. The van der Waals surface area contributed by atoms with E-state index in [0.29, 0.717) is 11.7 Å². The van der Waals surface area contributed by atoms with Crippen LogP contribution in [-0.2, 0) is 4.84 Å². The highest BCUT2D eigenvalue weighted by atomic mass is 32.2. The molecule has 9 heteroatoms. The zero-order valence-corrected chi connectivity index (χ0v) is 19.4. The van der Waals surface area contributed by atoms with Crippen molar-refractivity contribution < 1.29 is 9.68 Å². The van der Waals surface area contributed by atoms with E-state index in [1.54, 1.807) is 11.8 Å². The molecule has 0 aromatic heterocycles. The van der Waals surface area contributed by atoms with Gasteiger partial charge in [0.2, 0.25) is 0 Å². The van der Waals surface area contributed by atoms with Crippen molar-refractivity contribution in [2.75, 3.05) is 0 Å². The zero-order chi connectivity index (χ0) is 22.4. The maximum absolute atomic E-state index is 5.39. The lowest BCUT2D eigenvalue weighted by atomic mass is 9.88. The summed E-state index contributed by atoms with van der Waals surface area (Å²) >= 11 is 3.50. The maximum atomic E-state index is 5.39. The molecule has 0 radical (unpaired) electrons. The van der Waals surface area contributed by atoms with E-state index < -0.39 is 0 Å². The number of nitrogens with two attached hydrogens (primary N) is 2. The van der Waals surface area contributed by atoms with Gasteiger partial charge in [-0.25, -0.2) is 21.7 Å². The summed E-state index contributed by atoms with van der Waals surface area (Å²) in [5, 5.41) is 4.58. The van der Waals surface area contributed by atoms with E-state index in [2.05, 4.69) is 29.9 Å². The predicted octanol–water partition coefficient (Wildman–Crippen LogP) is 5.37. The van der Waals surface area contributed by atoms with Crippen LogP contribution in [0.1, 0.15) is 31.2 Å². The molecule has 1 aliphatic carbocycles. The third kappa shape index (κ3) is 3.84. The lowest BCUT2D eigenvalue weighted by molar-refractivity contribution is 0.0233. The van der Waals surface area contributed by atoms with Gasteiger partial charge in [-0.1, -0.05) is 29.1 Å². The fourth-order valence-corrected chi connectivity index (χ4v) is 6.99. The number of nitrogens with one attached hydrogen (secondary N) is 1. The Kier molecular flexibility index (Phi) is 5.61. The second-order valence-corrected chi connectivity index (χ2v) is 10.4. The van der Waals surface area contributed by atoms with Crippen LogP contribution in [0.2, 0.25) is 0 Å². The number of rotatable bonds is 5. The molecule has 0 atom stereocenters. The Morgan fingerprint density at radius 2 is 1.48 bits per heavy atom. The van der Waals surface area contributed by atoms with E-state index >= 15 is 0 Å². The third-order valence-electron chi connectivity index (χ3n) is 6.41. The first-order valence-electron chi connectivity index (χ1n) is 10.9. The Morgan fingerprint density at radius 1 is 0.818 bits per heavy atom. The van der Waals surface area contributed by atoms with Gasteiger partial charge in [0.25, 0.3) is 0 Å². The molecule has 3 aromatic rings. The minimum atomic E-state index is 0.180. The molecule has 0 bridgehead atoms. The minimum absolute atomic E-state index is 0.180. The molecule has 1 fully saturated rings. The van der Waals surface area contributed by atoms with Crippen LogP contribution in [0.25, 0.3) is 10.8 Å². The molecule has 3 aliphatic rings. The van der Waals surface area contributed by atoms with Gasteiger partial charge < -0.3 is 9.68 Å². The summed E-state index contributed by atoms with van der Waals surface area (Å²) in [7, 11) is 0. The summed E-state index contributed by atoms with van der Waals surface area (Å²) in [6.45, 7) is 0. The zero-order valence-electron chi connectivity index (χ0n) is 17.8. The molecule has 0 unspecified atom stereocenters. The van der Waals surface area contributed by atoms with Crippen molar-refractivity contribution in [3.05, 3.63) is 54.1 Å². The molecule has 0 amide bonds. The first-order valence-corrected chi connectivity index (χ1v) is 12.6. The second kappa shape index (κ2) is 8.75. The standard InChI is InChI=1S/C24H23N5O2S2/c25-29-31-16-7-3-14(4-8-16)24-28-18-10-11-19-21-17(9-12-20(33-24)22(18)21)27-23(32-19)13-1-5-15(30-26)6-2-13/h3-4,7-13,15,29H,1-2,5-6,25-26H2. The van der Waals surface area contributed by atoms with Gasteiger partial charge in [-0.2, -0.15) is 0 Å². The van der Waals surface area contributed by atoms with E-state index in [9.17, 15) is 0 Å². The van der Waals surface area contributed by atoms with Crippen LogP contribution in [0.15, 0.2) is 68.3 Å². The van der Waals surface area contributed by atoms with Crippen molar-refractivity contribution in [3.63, 3.8) is 0 Å². The number of hydrazine groups is 1. The van der Waals surface area contributed by atoms with Gasteiger partial charge in [0.05, 0.1) is 22.5 Å². The maximum Gasteiger partial charge on any atom is 0.149 e. The highest BCUT2D eigenvalue weighted by Gasteiger charge is 2.30. The fraction of sp³-hybridized carbons (Fsp3) is 0.250. The van der Waals surface area contributed by atoms with Crippen molar-refractivity contribution in [1.29, 1.82) is 0 Å². The Hall–Kier alpha value is -2.40. The molecular weight excluding hydrogens is 454 g/mol. The Balaban J connectivity index is 1.35. The summed E-state index contributed by atoms with van der Waals surface area (Å²) in [6.07, 6.45) is 4.29. The second-order valence-electron chi connectivity index (χ2n) is 8.34. The van der Waals surface area contributed by atoms with Gasteiger partial charge in [0.1, 0.15) is 10.8 Å². The van der Waals surface area contributed by atoms with Gasteiger partial charge in [-0.15, -0.1) is 0 Å². The molecule has 168 valence electrons. The van der Waals surface area contributed by atoms with Gasteiger partial charge in [-0.3, -0.25) is 0 Å². The normalized spacial score (nSPS) is 21.5. The van der Waals surface area contributed by atoms with Crippen LogP contribution in [0.3, 0.4) is 0 Å². The Labute approximate surface area is 199 Å². The number of hydrogen-bond donors (Lipinski definition) is 3. The van der Waals surface area contributed by atoms with Crippen LogP contribution in [0, 0.1) is 5.92 Å². The smallest absolute Gasteiger partial charge is 0.149 e. The molecule has 7 nitrogen and oxygen atoms in total. The average Bonchev–Trinajstić information content (AvgIpc) is 2.87. The lowest BCUT2D eigenvalue weighted by Gasteiger charge is -2.30. The molecule has 33 heavy (non-hydrogen) atoms. The average molecular weight is 478 g/mol. The molecule has 3 aromatic carbocycles. The van der Waals surface area contributed by atoms with E-state index in [0.717, 1.165) is 47.7 Å². The monoisotopic (exact) mass is 477 g/mol. The third-order valence-corrected chi connectivity index (χ3v) is 8.68. The summed E-state index contributed by atoms with van der Waals surface area (Å²) in [5.41, 5.74) is 5.27. The summed E-state index contributed by atoms with van der Waals surface area (Å²) in [6, 6.07) is 16.4. The fourth-order valence-electron chi connectivity index (χ4n) is 4.72. The van der Waals surface area contributed by atoms with Gasteiger partial charge >= 0.3 is 0 Å². The Bertz CT molecular complexity index is 1280. The summed E-state index contributed by atoms with van der Waals surface area (Å²) in [5.74, 6) is 11.7. The van der Waals surface area contributed by atoms with Gasteiger partial charge in [-0.05, 0) is 74.2 Å². The van der Waals surface area contributed by atoms with E-state index in [1.165, 1.54) is 25.6 Å². The van der Waals surface area contributed by atoms with Crippen molar-refractivity contribution in [2.45, 2.75) is 41.6 Å². The van der Waals surface area contributed by atoms with E-state index in [4.69, 9.17) is 31.4 Å². The largest absolute Gasteiger partial charge is 0.394 e. The number of hydrogen-bond acceptors (Lipinski definition) is 9. The molecular formula is C24H23N5O2S2. The van der Waals surface area contributed by atoms with Crippen molar-refractivity contribution in [2.24, 2.45) is 27.6 Å². The first kappa shape index (κ1) is 21.2. The SMILES string of the molecule is NNOc1ccc(C2=Nc3ccc4c5c(ccc(c35)S2)N=C(C2CCC(ON)CC2)S4)cc1. The van der Waals surface area contributed by atoms with E-state index in [-0.39, 0.29) is 6.10 Å². The van der Waals surface area contributed by atoms with Crippen LogP contribution in [0.4, 0.5) is 11.4 Å². The quantitative estimate of drug-likeness (QED) is 0.335. The van der Waals surface area contributed by atoms with Gasteiger partial charge in [0, 0.05) is 32.0 Å². The van der Waals surface area contributed by atoms with E-state index in [1.807, 2.05) is 36.0 Å². The van der Waals surface area contributed by atoms with Crippen LogP contribution in [-0.4, -0.2) is 16.2 Å². The summed E-state index contributed by atoms with van der Waals surface area (Å²) in [4.78, 5) is 22.7. The number of thioether (sulfide) groups is 2. The topological polar surface area (TPSA) is 107 Å². The highest BCUT2D eigenvalue weighted by Crippen LogP contribution is 2.51. The Morgan fingerprint density at radius 3 is 2.15 bits per heavy atom. The molecule has 0 saturated heterocycles. The molecule has 2 aliphatic heterocycles. The van der Waals surface area contributed by atoms with Crippen LogP contribution in [0.5, 0.6) is 5.75 Å². The molecule has 1 saturated carbocycles. The summed E-state index contributed by atoms with van der Waals surface area (Å²) < 4.78 is 0. The number of nitrogens with zero attached hydrogens (tertiary/aromatic N) is 2. The van der Waals surface area contributed by atoms with Gasteiger partial charge in [0.15, 0.2) is 0 Å². The lowest BCUT2D eigenvalue weighted by Crippen LogP contribution is -2.27. The number of benzene rings is 3. The van der Waals surface area contributed by atoms with Crippen LogP contribution >= 0.6 is 23.5 Å². The van der Waals surface area contributed by atoms with Crippen molar-refractivity contribution in [3.8, 4) is 5.75 Å². The van der Waals surface area contributed by atoms with Crippen molar-refractivity contribution >= 4 is 55.8 Å². The molecule has 0 spiro atoms. The predicted molar refractivity (Wildman–Crippen MR) is 134 cm³/mol. The first-order chi connectivity index (χ1) is 16.2. The molecule has 5 N–H and O–H groups in total. The van der Waals surface area contributed by atoms with Crippen molar-refractivity contribution in [1.82, 2.24) is 5.59 Å².